The number of rotatable bonds is 3. The van der Waals surface area contributed by atoms with Crippen molar-refractivity contribution in [2.24, 2.45) is 0 Å². The first kappa shape index (κ1) is 15.8. The second-order valence-corrected chi connectivity index (χ2v) is 6.07. The van der Waals surface area contributed by atoms with Crippen molar-refractivity contribution in [2.45, 2.75) is 23.4 Å². The molecule has 0 bridgehead atoms. The summed E-state index contributed by atoms with van der Waals surface area (Å²) in [6.45, 7) is -1.34. The second-order valence-electron chi connectivity index (χ2n) is 4.43. The fraction of sp³-hybridized carbons (Fsp3) is 0.556. The highest BCUT2D eigenvalue weighted by molar-refractivity contribution is 7.87. The fourth-order valence-corrected chi connectivity index (χ4v) is 2.85. The smallest absolute Gasteiger partial charge is 0.351 e. The Hall–Kier alpha value is -1.57. The van der Waals surface area contributed by atoms with Crippen LogP contribution >= 0.6 is 0 Å². The average molecular weight is 323 g/mol. The molecule has 21 heavy (non-hydrogen) atoms. The summed E-state index contributed by atoms with van der Waals surface area (Å²) in [5.74, 6) is -0.118. The van der Waals surface area contributed by atoms with Gasteiger partial charge in [0.2, 0.25) is 4.93 Å². The third-order valence-electron chi connectivity index (χ3n) is 3.17. The molecular weight excluding hydrogens is 310 g/mol. The first-order valence-electron chi connectivity index (χ1n) is 5.60. The molecule has 6 N–H and O–H groups in total. The predicted octanol–water partition coefficient (Wildman–Crippen LogP) is -3.35. The van der Waals surface area contributed by atoms with E-state index in [9.17, 15) is 23.4 Å². The Morgan fingerprint density at radius 1 is 1.48 bits per heavy atom. The number of aliphatic hydroxyl groups is 3. The van der Waals surface area contributed by atoms with Gasteiger partial charge in [-0.2, -0.15) is 13.4 Å². The molecule has 118 valence electrons. The van der Waals surface area contributed by atoms with E-state index in [0.29, 0.717) is 4.57 Å². The third-order valence-corrected chi connectivity index (χ3v) is 4.51. The van der Waals surface area contributed by atoms with E-state index in [-0.39, 0.29) is 5.82 Å². The number of hydrogen-bond acceptors (Lipinski definition) is 9. The lowest BCUT2D eigenvalue weighted by Crippen LogP contribution is -2.52. The molecule has 1 aromatic rings. The molecule has 1 aliphatic rings. The number of nitrogens with two attached hydrogens (primary N) is 1. The van der Waals surface area contributed by atoms with Crippen LogP contribution in [0.1, 0.15) is 6.23 Å². The van der Waals surface area contributed by atoms with Crippen LogP contribution in [-0.2, 0) is 14.9 Å². The Kier molecular flexibility index (Phi) is 3.77. The molecule has 1 aliphatic heterocycles. The van der Waals surface area contributed by atoms with Gasteiger partial charge in [0.05, 0.1) is 6.61 Å². The van der Waals surface area contributed by atoms with Crippen LogP contribution in [0.25, 0.3) is 0 Å². The molecule has 0 spiro atoms. The monoisotopic (exact) mass is 323 g/mol. The van der Waals surface area contributed by atoms with Crippen molar-refractivity contribution >= 4 is 15.9 Å². The summed E-state index contributed by atoms with van der Waals surface area (Å²) >= 11 is 0. The number of nitrogen functional groups attached to an aromatic ring is 1. The van der Waals surface area contributed by atoms with Gasteiger partial charge in [-0.1, -0.05) is 0 Å². The Bertz CT molecular complexity index is 703. The van der Waals surface area contributed by atoms with E-state index < -0.39 is 45.8 Å². The third kappa shape index (κ3) is 2.31. The van der Waals surface area contributed by atoms with Crippen LogP contribution in [0.5, 0.6) is 0 Å². The van der Waals surface area contributed by atoms with Crippen LogP contribution in [0.2, 0.25) is 0 Å². The molecule has 0 saturated carbocycles. The van der Waals surface area contributed by atoms with Gasteiger partial charge in [-0.25, -0.2) is 4.79 Å². The molecule has 2 rings (SSSR count). The zero-order valence-electron chi connectivity index (χ0n) is 10.4. The number of ether oxygens (including phenoxy) is 1. The van der Waals surface area contributed by atoms with Crippen LogP contribution in [0.4, 0.5) is 5.82 Å². The summed E-state index contributed by atoms with van der Waals surface area (Å²) < 4.78 is 37.4. The fourth-order valence-electron chi connectivity index (χ4n) is 2.03. The lowest BCUT2D eigenvalue weighted by molar-refractivity contribution is -0.0825. The normalized spacial score (nSPS) is 33.2. The minimum atomic E-state index is -5.10. The van der Waals surface area contributed by atoms with Crippen molar-refractivity contribution in [1.29, 1.82) is 0 Å². The van der Waals surface area contributed by atoms with Crippen molar-refractivity contribution < 1.29 is 33.0 Å². The van der Waals surface area contributed by atoms with Gasteiger partial charge in [0, 0.05) is 6.20 Å². The number of hydrogen-bond donors (Lipinski definition) is 5. The van der Waals surface area contributed by atoms with E-state index in [4.69, 9.17) is 20.1 Å². The van der Waals surface area contributed by atoms with Gasteiger partial charge >= 0.3 is 5.69 Å². The molecule has 4 atom stereocenters. The first-order valence-corrected chi connectivity index (χ1v) is 7.04. The molecule has 2 heterocycles. The van der Waals surface area contributed by atoms with Crippen LogP contribution in [0.15, 0.2) is 17.1 Å². The van der Waals surface area contributed by atoms with Gasteiger partial charge < -0.3 is 25.8 Å². The lowest BCUT2D eigenvalue weighted by Gasteiger charge is -2.25. The zero-order chi connectivity index (χ0) is 16.0. The highest BCUT2D eigenvalue weighted by Crippen LogP contribution is 2.39. The topological polar surface area (TPSA) is 185 Å². The van der Waals surface area contributed by atoms with E-state index in [0.717, 1.165) is 6.20 Å². The van der Waals surface area contributed by atoms with Crippen molar-refractivity contribution in [1.82, 2.24) is 9.55 Å². The van der Waals surface area contributed by atoms with E-state index >= 15 is 0 Å². The second kappa shape index (κ2) is 5.01. The van der Waals surface area contributed by atoms with E-state index in [2.05, 4.69) is 4.98 Å². The minimum Gasteiger partial charge on any atom is -0.392 e. The van der Waals surface area contributed by atoms with Crippen LogP contribution in [0, 0.1) is 0 Å². The van der Waals surface area contributed by atoms with Gasteiger partial charge in [-0.3, -0.25) is 9.12 Å². The molecule has 0 unspecified atom stereocenters. The van der Waals surface area contributed by atoms with E-state index in [1.807, 2.05) is 0 Å². The molecule has 0 aliphatic carbocycles. The number of nitrogens with zero attached hydrogens (tertiary/aromatic N) is 2. The summed E-state index contributed by atoms with van der Waals surface area (Å²) in [7, 11) is -5.10. The molecule has 1 fully saturated rings. The molecule has 1 saturated heterocycles. The summed E-state index contributed by atoms with van der Waals surface area (Å²) in [4.78, 5) is 12.1. The zero-order valence-corrected chi connectivity index (χ0v) is 11.2. The lowest BCUT2D eigenvalue weighted by atomic mass is 10.1. The largest absolute Gasteiger partial charge is 0.392 e. The van der Waals surface area contributed by atoms with Gasteiger partial charge in [0.1, 0.15) is 18.0 Å². The first-order chi connectivity index (χ1) is 9.64. The Balaban J connectivity index is 2.52. The minimum absolute atomic E-state index is 0.118. The number of aromatic nitrogens is 2. The van der Waals surface area contributed by atoms with Crippen LogP contribution < -0.4 is 11.4 Å². The Morgan fingerprint density at radius 3 is 2.52 bits per heavy atom. The van der Waals surface area contributed by atoms with Crippen molar-refractivity contribution in [3.05, 3.63) is 22.7 Å². The van der Waals surface area contributed by atoms with Crippen molar-refractivity contribution in [2.75, 3.05) is 12.3 Å². The quantitative estimate of drug-likeness (QED) is 0.352. The van der Waals surface area contributed by atoms with Gasteiger partial charge in [0.25, 0.3) is 10.1 Å². The van der Waals surface area contributed by atoms with Crippen LogP contribution in [0.3, 0.4) is 0 Å². The molecule has 1 aromatic heterocycles. The highest BCUT2D eigenvalue weighted by Gasteiger charge is 2.62. The molecule has 11 nitrogen and oxygen atoms in total. The maximum Gasteiger partial charge on any atom is 0.351 e. The highest BCUT2D eigenvalue weighted by atomic mass is 32.2. The SMILES string of the molecule is Nc1ccn([C@@H]2O[C@@](CO)(S(=O)(=O)O)[C@@H](O)[C@@H]2O)c(=O)n1. The van der Waals surface area contributed by atoms with Crippen molar-refractivity contribution in [3.8, 4) is 0 Å². The summed E-state index contributed by atoms with van der Waals surface area (Å²) in [5.41, 5.74) is 4.31. The summed E-state index contributed by atoms with van der Waals surface area (Å²) in [6, 6.07) is 1.18. The number of aliphatic hydroxyl groups excluding tert-OH is 3. The molecule has 0 amide bonds. The standard InChI is InChI=1S/C9H13N3O8S/c10-4-1-2-12(8(16)11-4)7-5(14)6(15)9(3-13,20-7)21(17,18)19/h1-2,5-7,13-15H,3H2,(H2,10,11,16)(H,17,18,19)/t5-,6-,7+,9-/m0/s1. The summed E-state index contributed by atoms with van der Waals surface area (Å²) in [5, 5.41) is 28.8. The molecule has 12 heteroatoms. The predicted molar refractivity (Wildman–Crippen MR) is 66.4 cm³/mol. The average Bonchev–Trinajstić information content (AvgIpc) is 2.63. The van der Waals surface area contributed by atoms with Crippen LogP contribution in [-0.4, -0.2) is 61.6 Å². The van der Waals surface area contributed by atoms with E-state index in [1.165, 1.54) is 6.07 Å². The summed E-state index contributed by atoms with van der Waals surface area (Å²) in [6.07, 6.45) is -4.73. The molecule has 0 radical (unpaired) electrons. The Labute approximate surface area is 118 Å². The molecular formula is C9H13N3O8S. The van der Waals surface area contributed by atoms with E-state index in [1.54, 1.807) is 0 Å². The van der Waals surface area contributed by atoms with Gasteiger partial charge in [-0.05, 0) is 6.07 Å². The maximum absolute atomic E-state index is 11.7. The Morgan fingerprint density at radius 2 is 2.10 bits per heavy atom. The van der Waals surface area contributed by atoms with Gasteiger partial charge in [-0.15, -0.1) is 0 Å². The van der Waals surface area contributed by atoms with Crippen molar-refractivity contribution in [3.63, 3.8) is 0 Å². The number of anilines is 1. The molecule has 0 aromatic carbocycles. The maximum atomic E-state index is 11.7. The van der Waals surface area contributed by atoms with Gasteiger partial charge in [0.15, 0.2) is 6.23 Å².